The molecule has 1 amide bonds. The zero-order chi connectivity index (χ0) is 25.9. The third-order valence-electron chi connectivity index (χ3n) is 6.14. The van der Waals surface area contributed by atoms with Crippen LogP contribution in [0.4, 0.5) is 10.1 Å². The van der Waals surface area contributed by atoms with Gasteiger partial charge in [-0.1, -0.05) is 47.0 Å². The predicted molar refractivity (Wildman–Crippen MR) is 140 cm³/mol. The van der Waals surface area contributed by atoms with Gasteiger partial charge in [-0.15, -0.1) is 0 Å². The molecule has 1 heterocycles. The summed E-state index contributed by atoms with van der Waals surface area (Å²) in [4.78, 5) is 17.1. The van der Waals surface area contributed by atoms with Crippen molar-refractivity contribution in [1.82, 2.24) is 9.21 Å². The summed E-state index contributed by atoms with van der Waals surface area (Å²) >= 11 is 12.2. The lowest BCUT2D eigenvalue weighted by Gasteiger charge is -2.37. The molecule has 10 heteroatoms. The number of hydrogen-bond acceptors (Lipinski definition) is 4. The van der Waals surface area contributed by atoms with E-state index in [0.717, 1.165) is 11.3 Å². The van der Waals surface area contributed by atoms with Gasteiger partial charge in [0.05, 0.1) is 21.5 Å². The van der Waals surface area contributed by atoms with Crippen molar-refractivity contribution in [2.24, 2.45) is 0 Å². The maximum atomic E-state index is 13.5. The van der Waals surface area contributed by atoms with Crippen LogP contribution in [0.15, 0.2) is 71.6 Å². The van der Waals surface area contributed by atoms with E-state index in [1.54, 1.807) is 59.5 Å². The zero-order valence-electron chi connectivity index (χ0n) is 19.7. The predicted octanol–water partition coefficient (Wildman–Crippen LogP) is 4.98. The van der Waals surface area contributed by atoms with Gasteiger partial charge in [-0.2, -0.15) is 4.31 Å². The number of carbonyl (C=O) groups is 1. The number of sulfonamides is 1. The maximum absolute atomic E-state index is 13.5. The van der Waals surface area contributed by atoms with Gasteiger partial charge in [0.15, 0.2) is 0 Å². The molecule has 6 nitrogen and oxygen atoms in total. The van der Waals surface area contributed by atoms with Gasteiger partial charge >= 0.3 is 0 Å². The number of carbonyl (C=O) groups excluding carboxylic acids is 1. The van der Waals surface area contributed by atoms with Crippen LogP contribution in [0.3, 0.4) is 0 Å². The van der Waals surface area contributed by atoms with Gasteiger partial charge in [-0.3, -0.25) is 4.79 Å². The quantitative estimate of drug-likeness (QED) is 0.417. The van der Waals surface area contributed by atoms with E-state index in [9.17, 15) is 17.6 Å². The van der Waals surface area contributed by atoms with Crippen LogP contribution in [-0.2, 0) is 21.4 Å². The molecule has 0 unspecified atom stereocenters. The Morgan fingerprint density at radius 2 is 1.56 bits per heavy atom. The standard InChI is InChI=1S/C26H26Cl2FN3O3S/c1-19-2-9-23(10-3-19)36(34,35)32(17-20-4-11-24(27)25(28)16-20)18-26(33)31-14-12-30(13-15-31)22-7-5-21(29)6-8-22/h2-11,16H,12-15,17-18H2,1H3. The van der Waals surface area contributed by atoms with E-state index >= 15 is 0 Å². The number of halogens is 3. The Morgan fingerprint density at radius 3 is 2.17 bits per heavy atom. The Morgan fingerprint density at radius 1 is 0.917 bits per heavy atom. The summed E-state index contributed by atoms with van der Waals surface area (Å²) in [5, 5.41) is 0.675. The lowest BCUT2D eigenvalue weighted by atomic mass is 10.2. The molecule has 0 spiro atoms. The molecule has 0 atom stereocenters. The molecule has 0 aliphatic carbocycles. The Balaban J connectivity index is 1.51. The first-order chi connectivity index (χ1) is 17.1. The molecule has 0 bridgehead atoms. The molecule has 3 aromatic carbocycles. The van der Waals surface area contributed by atoms with Crippen molar-refractivity contribution in [3.8, 4) is 0 Å². The minimum atomic E-state index is -3.97. The first-order valence-electron chi connectivity index (χ1n) is 11.4. The van der Waals surface area contributed by atoms with Crippen molar-refractivity contribution in [2.75, 3.05) is 37.6 Å². The first-order valence-corrected chi connectivity index (χ1v) is 13.6. The average molecular weight is 550 g/mol. The molecule has 1 fully saturated rings. The Labute approximate surface area is 220 Å². The summed E-state index contributed by atoms with van der Waals surface area (Å²) in [7, 11) is -3.97. The van der Waals surface area contributed by atoms with Crippen molar-refractivity contribution in [3.63, 3.8) is 0 Å². The van der Waals surface area contributed by atoms with Crippen molar-refractivity contribution in [2.45, 2.75) is 18.4 Å². The molecule has 0 aromatic heterocycles. The maximum Gasteiger partial charge on any atom is 0.243 e. The van der Waals surface area contributed by atoms with Gasteiger partial charge in [0, 0.05) is 38.4 Å². The second kappa shape index (κ2) is 11.2. The summed E-state index contributed by atoms with van der Waals surface area (Å²) < 4.78 is 41.5. The lowest BCUT2D eigenvalue weighted by Crippen LogP contribution is -2.51. The van der Waals surface area contributed by atoms with Crippen LogP contribution in [0.1, 0.15) is 11.1 Å². The number of aryl methyl sites for hydroxylation is 1. The minimum Gasteiger partial charge on any atom is -0.368 e. The largest absolute Gasteiger partial charge is 0.368 e. The summed E-state index contributed by atoms with van der Waals surface area (Å²) in [6, 6.07) is 17.7. The van der Waals surface area contributed by atoms with Crippen LogP contribution in [-0.4, -0.2) is 56.3 Å². The highest BCUT2D eigenvalue weighted by Crippen LogP contribution is 2.25. The van der Waals surface area contributed by atoms with Crippen molar-refractivity contribution >= 4 is 44.8 Å². The normalized spacial score (nSPS) is 14.4. The minimum absolute atomic E-state index is 0.0334. The second-order valence-corrected chi connectivity index (χ2v) is 11.4. The Hall–Kier alpha value is -2.65. The number of amides is 1. The number of rotatable bonds is 7. The lowest BCUT2D eigenvalue weighted by molar-refractivity contribution is -0.131. The molecule has 4 rings (SSSR count). The zero-order valence-corrected chi connectivity index (χ0v) is 22.0. The van der Waals surface area contributed by atoms with Gasteiger partial charge < -0.3 is 9.80 Å². The van der Waals surface area contributed by atoms with E-state index in [0.29, 0.717) is 41.8 Å². The van der Waals surface area contributed by atoms with E-state index in [1.807, 2.05) is 6.92 Å². The van der Waals surface area contributed by atoms with Crippen LogP contribution in [0.2, 0.25) is 10.0 Å². The van der Waals surface area contributed by atoms with Crippen LogP contribution in [0.5, 0.6) is 0 Å². The fourth-order valence-electron chi connectivity index (χ4n) is 4.04. The molecule has 1 aliphatic heterocycles. The van der Waals surface area contributed by atoms with Gasteiger partial charge in [-0.25, -0.2) is 12.8 Å². The SMILES string of the molecule is Cc1ccc(S(=O)(=O)N(CC(=O)N2CCN(c3ccc(F)cc3)CC2)Cc2ccc(Cl)c(Cl)c2)cc1. The summed E-state index contributed by atoms with van der Waals surface area (Å²) in [5.74, 6) is -0.589. The third-order valence-corrected chi connectivity index (χ3v) is 8.68. The smallest absolute Gasteiger partial charge is 0.243 e. The number of piperazine rings is 1. The van der Waals surface area contributed by atoms with Crippen LogP contribution in [0.25, 0.3) is 0 Å². The summed E-state index contributed by atoms with van der Waals surface area (Å²) in [6.45, 7) is 3.52. The van der Waals surface area contributed by atoms with E-state index in [2.05, 4.69) is 4.90 Å². The Bertz CT molecular complexity index is 1330. The molecule has 1 aliphatic rings. The molecular formula is C26H26Cl2FN3O3S. The number of hydrogen-bond donors (Lipinski definition) is 0. The van der Waals surface area contributed by atoms with Gasteiger partial charge in [0.2, 0.25) is 15.9 Å². The van der Waals surface area contributed by atoms with Crippen LogP contribution >= 0.6 is 23.2 Å². The number of nitrogens with zero attached hydrogens (tertiary/aromatic N) is 3. The van der Waals surface area contributed by atoms with Crippen molar-refractivity contribution < 1.29 is 17.6 Å². The number of benzene rings is 3. The van der Waals surface area contributed by atoms with E-state index < -0.39 is 10.0 Å². The first kappa shape index (κ1) is 26.4. The van der Waals surface area contributed by atoms with Crippen molar-refractivity contribution in [3.05, 3.63) is 93.7 Å². The van der Waals surface area contributed by atoms with Gasteiger partial charge in [-0.05, 0) is 61.0 Å². The molecule has 190 valence electrons. The summed E-state index contributed by atoms with van der Waals surface area (Å²) in [5.41, 5.74) is 2.43. The Kier molecular flexibility index (Phi) is 8.20. The van der Waals surface area contributed by atoms with E-state index in [1.165, 1.54) is 16.4 Å². The van der Waals surface area contributed by atoms with E-state index in [-0.39, 0.29) is 29.7 Å². The van der Waals surface area contributed by atoms with Gasteiger partial charge in [0.1, 0.15) is 5.82 Å². The molecule has 0 N–H and O–H groups in total. The second-order valence-electron chi connectivity index (χ2n) is 8.68. The number of anilines is 1. The topological polar surface area (TPSA) is 60.9 Å². The fraction of sp³-hybridized carbons (Fsp3) is 0.269. The summed E-state index contributed by atoms with van der Waals surface area (Å²) in [6.07, 6.45) is 0. The molecule has 36 heavy (non-hydrogen) atoms. The van der Waals surface area contributed by atoms with Crippen LogP contribution in [0, 0.1) is 12.7 Å². The van der Waals surface area contributed by atoms with Gasteiger partial charge in [0.25, 0.3) is 0 Å². The van der Waals surface area contributed by atoms with Crippen LogP contribution < -0.4 is 4.90 Å². The highest BCUT2D eigenvalue weighted by atomic mass is 35.5. The van der Waals surface area contributed by atoms with E-state index in [4.69, 9.17) is 23.2 Å². The molecule has 0 radical (unpaired) electrons. The highest BCUT2D eigenvalue weighted by Gasteiger charge is 2.30. The monoisotopic (exact) mass is 549 g/mol. The fourth-order valence-corrected chi connectivity index (χ4v) is 5.74. The molecule has 3 aromatic rings. The molecule has 1 saturated heterocycles. The average Bonchev–Trinajstić information content (AvgIpc) is 2.86. The molecule has 0 saturated carbocycles. The highest BCUT2D eigenvalue weighted by molar-refractivity contribution is 7.89. The third kappa shape index (κ3) is 6.18. The molecular weight excluding hydrogens is 524 g/mol. The van der Waals surface area contributed by atoms with Crippen molar-refractivity contribution in [1.29, 1.82) is 0 Å².